The summed E-state index contributed by atoms with van der Waals surface area (Å²) in [6.07, 6.45) is 0. The largest absolute Gasteiger partial charge is 0.507 e. The maximum atomic E-state index is 10.3. The van der Waals surface area contributed by atoms with E-state index in [4.69, 9.17) is 20.2 Å². The molecule has 0 aliphatic heterocycles. The molecule has 0 atom stereocenters. The number of imidazole rings is 1. The average molecular weight is 479 g/mol. The van der Waals surface area contributed by atoms with Crippen LogP contribution in [0, 0.1) is 0 Å². The van der Waals surface area contributed by atoms with Gasteiger partial charge >= 0.3 is 0 Å². The van der Waals surface area contributed by atoms with E-state index in [1.165, 1.54) is 0 Å². The lowest BCUT2D eigenvalue weighted by molar-refractivity contribution is 0.399. The van der Waals surface area contributed by atoms with Crippen LogP contribution in [0.5, 0.6) is 5.75 Å². The lowest BCUT2D eigenvalue weighted by Crippen LogP contribution is -1.96. The van der Waals surface area contributed by atoms with Gasteiger partial charge in [-0.05, 0) is 24.3 Å². The Morgan fingerprint density at radius 1 is 0.583 bits per heavy atom. The van der Waals surface area contributed by atoms with Crippen LogP contribution in [-0.4, -0.2) is 49.5 Å². The quantitative estimate of drug-likeness (QED) is 0.270. The fraction of sp³-hybridized carbons (Fsp3) is 0.0690. The van der Waals surface area contributed by atoms with Crippen LogP contribution in [0.2, 0.25) is 0 Å². The summed E-state index contributed by atoms with van der Waals surface area (Å²) in [7, 11) is 2.00. The molecule has 0 unspecified atom stereocenters. The highest BCUT2D eigenvalue weighted by molar-refractivity contribution is 6.03. The Labute approximate surface area is 208 Å². The normalized spacial score (nSPS) is 10.3. The van der Waals surface area contributed by atoms with E-state index in [0.717, 1.165) is 53.3 Å². The van der Waals surface area contributed by atoms with E-state index in [0.29, 0.717) is 16.9 Å². The van der Waals surface area contributed by atoms with Gasteiger partial charge in [0.25, 0.3) is 0 Å². The Kier molecular flexibility index (Phi) is 7.65. The number of aromatic amines is 1. The van der Waals surface area contributed by atoms with E-state index in [1.807, 2.05) is 60.7 Å². The molecule has 0 spiro atoms. The van der Waals surface area contributed by atoms with E-state index in [-0.39, 0.29) is 5.75 Å². The van der Waals surface area contributed by atoms with Gasteiger partial charge in [0.05, 0.1) is 28.0 Å². The topological polar surface area (TPSA) is 115 Å². The fourth-order valence-electron chi connectivity index (χ4n) is 3.99. The van der Waals surface area contributed by atoms with Crippen LogP contribution in [0.1, 0.15) is 0 Å². The molecule has 0 amide bonds. The van der Waals surface area contributed by atoms with Crippen LogP contribution in [0.3, 0.4) is 0 Å². The number of aromatic nitrogens is 4. The van der Waals surface area contributed by atoms with Crippen LogP contribution in [-0.2, 0) is 0 Å². The van der Waals surface area contributed by atoms with Gasteiger partial charge in [0.15, 0.2) is 5.82 Å². The van der Waals surface area contributed by atoms with Gasteiger partial charge in [-0.25, -0.2) is 15.0 Å². The molecule has 0 aliphatic rings. The first-order valence-corrected chi connectivity index (χ1v) is 11.3. The first-order chi connectivity index (χ1) is 17.8. The molecule has 180 valence electrons. The summed E-state index contributed by atoms with van der Waals surface area (Å²) in [5.41, 5.74) is 7.54. The second-order valence-corrected chi connectivity index (χ2v) is 7.59. The number of H-pyrrole nitrogens is 1. The van der Waals surface area contributed by atoms with Gasteiger partial charge < -0.3 is 20.3 Å². The van der Waals surface area contributed by atoms with Crippen molar-refractivity contribution in [2.24, 2.45) is 0 Å². The minimum Gasteiger partial charge on any atom is -0.507 e. The Morgan fingerprint density at radius 2 is 1.19 bits per heavy atom. The lowest BCUT2D eigenvalue weighted by atomic mass is 10.0. The van der Waals surface area contributed by atoms with Gasteiger partial charge in [-0.15, -0.1) is 0 Å². The zero-order valence-corrected chi connectivity index (χ0v) is 19.9. The van der Waals surface area contributed by atoms with E-state index in [9.17, 15) is 5.11 Å². The Hall–Kier alpha value is -4.59. The van der Waals surface area contributed by atoms with Crippen LogP contribution in [0.25, 0.3) is 56.0 Å². The standard InChI is InChI=1S/C27H18N4O.2CH4O/c32-22-14-8-7-13-19(22)27-29-21-16-15-20-25(26(21)31-27)30-24(18-11-5-2-6-12-18)23(28-20)17-9-3-1-4-10-17;2*1-2/h1-16,28,32H;2*2H,1H3. The molecule has 0 saturated carbocycles. The van der Waals surface area contributed by atoms with Crippen molar-refractivity contribution < 1.29 is 15.3 Å². The molecule has 6 aromatic rings. The molecule has 7 nitrogen and oxygen atoms in total. The van der Waals surface area contributed by atoms with Crippen molar-refractivity contribution in [2.45, 2.75) is 0 Å². The molecule has 4 N–H and O–H groups in total. The maximum absolute atomic E-state index is 10.3. The third-order valence-electron chi connectivity index (χ3n) is 5.55. The van der Waals surface area contributed by atoms with Gasteiger partial charge in [-0.1, -0.05) is 72.8 Å². The van der Waals surface area contributed by atoms with Crippen LogP contribution >= 0.6 is 0 Å². The van der Waals surface area contributed by atoms with Gasteiger partial charge in [-0.3, -0.25) is 0 Å². The highest BCUT2D eigenvalue weighted by Crippen LogP contribution is 2.34. The number of rotatable bonds is 3. The number of aromatic hydroxyl groups is 1. The molecule has 0 saturated heterocycles. The van der Waals surface area contributed by atoms with Gasteiger partial charge in [-0.2, -0.15) is 0 Å². The predicted octanol–water partition coefficient (Wildman–Crippen LogP) is 5.43. The number of nitrogens with one attached hydrogen (secondary N) is 1. The molecular formula is C29H26N4O3. The van der Waals surface area contributed by atoms with Gasteiger partial charge in [0.2, 0.25) is 0 Å². The molecule has 6 rings (SSSR count). The summed E-state index contributed by atoms with van der Waals surface area (Å²) in [4.78, 5) is 18.1. The Balaban J connectivity index is 0.000000726. The second kappa shape index (κ2) is 11.2. The number of benzene rings is 4. The Morgan fingerprint density at radius 3 is 1.86 bits per heavy atom. The Bertz CT molecular complexity index is 1580. The minimum atomic E-state index is 0.156. The molecule has 7 heteroatoms. The van der Waals surface area contributed by atoms with E-state index < -0.39 is 0 Å². The maximum Gasteiger partial charge on any atom is 0.164 e. The summed E-state index contributed by atoms with van der Waals surface area (Å²) in [6, 6.07) is 31.3. The summed E-state index contributed by atoms with van der Waals surface area (Å²) < 4.78 is 0. The number of phenols is 1. The molecule has 36 heavy (non-hydrogen) atoms. The van der Waals surface area contributed by atoms with E-state index >= 15 is 0 Å². The molecular weight excluding hydrogens is 452 g/mol. The highest BCUT2D eigenvalue weighted by atomic mass is 16.3. The second-order valence-electron chi connectivity index (χ2n) is 7.59. The first-order valence-electron chi connectivity index (χ1n) is 11.3. The number of hydrogen-bond acceptors (Lipinski definition) is 6. The third kappa shape index (κ3) is 4.65. The predicted molar refractivity (Wildman–Crippen MR) is 143 cm³/mol. The fourth-order valence-corrected chi connectivity index (χ4v) is 3.99. The van der Waals surface area contributed by atoms with Crippen molar-refractivity contribution in [1.29, 1.82) is 0 Å². The van der Waals surface area contributed by atoms with Crippen molar-refractivity contribution in [1.82, 2.24) is 19.9 Å². The summed E-state index contributed by atoms with van der Waals surface area (Å²) in [5, 5.41) is 24.3. The zero-order chi connectivity index (χ0) is 25.5. The van der Waals surface area contributed by atoms with Gasteiger partial charge in [0, 0.05) is 25.3 Å². The van der Waals surface area contributed by atoms with Crippen molar-refractivity contribution >= 4 is 22.1 Å². The molecule has 0 aliphatic carbocycles. The number of aliphatic hydroxyl groups excluding tert-OH is 2. The molecule has 2 heterocycles. The molecule has 2 aromatic heterocycles. The number of para-hydroxylation sites is 1. The number of phenolic OH excluding ortho intramolecular Hbond substituents is 1. The number of fused-ring (bicyclic) bond motifs is 3. The highest BCUT2D eigenvalue weighted by Gasteiger charge is 2.17. The smallest absolute Gasteiger partial charge is 0.164 e. The van der Waals surface area contributed by atoms with Crippen molar-refractivity contribution in [2.75, 3.05) is 14.2 Å². The minimum absolute atomic E-state index is 0.156. The van der Waals surface area contributed by atoms with Crippen LogP contribution in [0.4, 0.5) is 0 Å². The van der Waals surface area contributed by atoms with Crippen LogP contribution in [0.15, 0.2) is 97.1 Å². The zero-order valence-electron chi connectivity index (χ0n) is 19.9. The van der Waals surface area contributed by atoms with Crippen molar-refractivity contribution in [3.8, 4) is 39.7 Å². The van der Waals surface area contributed by atoms with Crippen molar-refractivity contribution in [3.63, 3.8) is 0 Å². The first kappa shape index (κ1) is 24.5. The molecule has 4 aromatic carbocycles. The monoisotopic (exact) mass is 478 g/mol. The molecule has 0 fully saturated rings. The summed E-state index contributed by atoms with van der Waals surface area (Å²) >= 11 is 0. The summed E-state index contributed by atoms with van der Waals surface area (Å²) in [5.74, 6) is 0.642. The third-order valence-corrected chi connectivity index (χ3v) is 5.55. The molecule has 0 radical (unpaired) electrons. The number of aliphatic hydroxyl groups is 2. The summed E-state index contributed by atoms with van der Waals surface area (Å²) in [6.45, 7) is 0. The van der Waals surface area contributed by atoms with Gasteiger partial charge in [0.1, 0.15) is 16.8 Å². The van der Waals surface area contributed by atoms with Crippen molar-refractivity contribution in [3.05, 3.63) is 97.1 Å². The van der Waals surface area contributed by atoms with E-state index in [2.05, 4.69) is 34.2 Å². The van der Waals surface area contributed by atoms with E-state index in [1.54, 1.807) is 12.1 Å². The lowest BCUT2D eigenvalue weighted by Gasteiger charge is -2.12. The number of nitrogens with zero attached hydrogens (tertiary/aromatic N) is 3. The van der Waals surface area contributed by atoms with Crippen LogP contribution < -0.4 is 0 Å². The SMILES string of the molecule is CO.CO.Oc1ccccc1-c1nc2ccc3[nH]c(-c4ccccc4)c(-c4ccccc4)nc3c2n1. The number of hydrogen-bond donors (Lipinski definition) is 4. The average Bonchev–Trinajstić information content (AvgIpc) is 3.40. The molecule has 0 bridgehead atoms.